The van der Waals surface area contributed by atoms with Crippen molar-refractivity contribution >= 4 is 52.4 Å². The highest BCUT2D eigenvalue weighted by Gasteiger charge is 2.21. The largest absolute Gasteiger partial charge is 0.507 e. The molecule has 0 aliphatic heterocycles. The molecule has 2 aromatic carbocycles. The van der Waals surface area contributed by atoms with Gasteiger partial charge in [-0.3, -0.25) is 14.4 Å². The molecule has 44 heavy (non-hydrogen) atoms. The quantitative estimate of drug-likeness (QED) is 0.0737. The molecule has 0 aliphatic rings. The van der Waals surface area contributed by atoms with Gasteiger partial charge in [-0.2, -0.15) is 0 Å². The van der Waals surface area contributed by atoms with E-state index in [1.165, 1.54) is 75.4 Å². The third kappa shape index (κ3) is 9.06. The van der Waals surface area contributed by atoms with Crippen LogP contribution in [0.4, 0.5) is 0 Å². The van der Waals surface area contributed by atoms with Crippen molar-refractivity contribution in [2.24, 2.45) is 0 Å². The summed E-state index contributed by atoms with van der Waals surface area (Å²) in [6.45, 7) is 1.68. The highest BCUT2D eigenvalue weighted by Crippen LogP contribution is 2.36. The molecule has 4 rings (SSSR count). The molecule has 0 spiro atoms. The summed E-state index contributed by atoms with van der Waals surface area (Å²) in [5.41, 5.74) is 0.314. The molecule has 0 fully saturated rings. The number of thiophene rings is 2. The summed E-state index contributed by atoms with van der Waals surface area (Å²) in [5, 5.41) is 13.8. The predicted octanol–water partition coefficient (Wildman–Crippen LogP) is 7.34. The molecule has 0 saturated carbocycles. The number of carbonyl (C=O) groups is 3. The standard InChI is InChI=1S/C18H18O5S.C15H14O4S/c1-4-17(20)23-16-11-12(21-2)10-15(22-3)18(16)14(19)8-7-13-6-5-9-24-13;1-18-10-8-13(17)15(14(9-10)19-2)12(16)6-5-11-4-3-7-20-11/h5-11H,4H2,1-3H3;3-9,17H,1-2H3/b8-7+;6-5+. The highest BCUT2D eigenvalue weighted by atomic mass is 32.1. The van der Waals surface area contributed by atoms with E-state index in [-0.39, 0.29) is 52.1 Å². The second-order valence-corrected chi connectivity index (χ2v) is 10.6. The van der Waals surface area contributed by atoms with Gasteiger partial charge in [-0.1, -0.05) is 19.1 Å². The number of ether oxygens (including phenoxy) is 5. The first-order valence-electron chi connectivity index (χ1n) is 13.2. The van der Waals surface area contributed by atoms with E-state index in [1.54, 1.807) is 31.2 Å². The van der Waals surface area contributed by atoms with Crippen LogP contribution in [0.5, 0.6) is 34.5 Å². The zero-order chi connectivity index (χ0) is 32.1. The van der Waals surface area contributed by atoms with E-state index in [0.717, 1.165) is 9.75 Å². The number of hydrogen-bond donors (Lipinski definition) is 1. The molecule has 0 unspecified atom stereocenters. The lowest BCUT2D eigenvalue weighted by Crippen LogP contribution is -2.10. The smallest absolute Gasteiger partial charge is 0.310 e. The number of hydrogen-bond acceptors (Lipinski definition) is 11. The minimum Gasteiger partial charge on any atom is -0.507 e. The lowest BCUT2D eigenvalue weighted by molar-refractivity contribution is -0.134. The molecule has 2 heterocycles. The van der Waals surface area contributed by atoms with Gasteiger partial charge in [0.25, 0.3) is 0 Å². The Kier molecular flexibility index (Phi) is 12.8. The second-order valence-electron chi connectivity index (χ2n) is 8.68. The van der Waals surface area contributed by atoms with E-state index in [1.807, 2.05) is 35.0 Å². The Morgan fingerprint density at radius 3 is 1.64 bits per heavy atom. The van der Waals surface area contributed by atoms with Crippen LogP contribution in [0, 0.1) is 0 Å². The van der Waals surface area contributed by atoms with Gasteiger partial charge in [-0.15, -0.1) is 22.7 Å². The van der Waals surface area contributed by atoms with E-state index >= 15 is 0 Å². The van der Waals surface area contributed by atoms with Crippen molar-refractivity contribution in [2.45, 2.75) is 13.3 Å². The molecule has 4 aromatic rings. The molecule has 11 heteroatoms. The minimum atomic E-state index is -0.443. The van der Waals surface area contributed by atoms with Gasteiger partial charge >= 0.3 is 5.97 Å². The van der Waals surface area contributed by atoms with Crippen molar-refractivity contribution in [1.82, 2.24) is 0 Å². The van der Waals surface area contributed by atoms with Crippen LogP contribution in [-0.2, 0) is 4.79 Å². The van der Waals surface area contributed by atoms with Gasteiger partial charge in [0, 0.05) is 40.4 Å². The molecule has 2 aromatic heterocycles. The van der Waals surface area contributed by atoms with Crippen molar-refractivity contribution in [3.8, 4) is 34.5 Å². The van der Waals surface area contributed by atoms with Crippen LogP contribution in [-0.4, -0.2) is 51.1 Å². The summed E-state index contributed by atoms with van der Waals surface area (Å²) in [5.74, 6) is 0.305. The number of allylic oxidation sites excluding steroid dienone is 2. The number of aromatic hydroxyl groups is 1. The van der Waals surface area contributed by atoms with Crippen LogP contribution in [0.15, 0.2) is 71.4 Å². The molecule has 0 atom stereocenters. The van der Waals surface area contributed by atoms with Crippen LogP contribution in [0.25, 0.3) is 12.2 Å². The summed E-state index contributed by atoms with van der Waals surface area (Å²) in [7, 11) is 5.85. The Balaban J connectivity index is 0.000000244. The van der Waals surface area contributed by atoms with Gasteiger partial charge in [0.1, 0.15) is 45.6 Å². The molecule has 0 bridgehead atoms. The van der Waals surface area contributed by atoms with Crippen LogP contribution >= 0.6 is 22.7 Å². The number of phenols is 1. The molecular weight excluding hydrogens is 604 g/mol. The van der Waals surface area contributed by atoms with E-state index in [9.17, 15) is 19.5 Å². The monoisotopic (exact) mass is 636 g/mol. The molecule has 1 N–H and O–H groups in total. The van der Waals surface area contributed by atoms with Crippen molar-refractivity contribution in [3.63, 3.8) is 0 Å². The average Bonchev–Trinajstić information content (AvgIpc) is 3.76. The molecule has 0 saturated heterocycles. The topological polar surface area (TPSA) is 118 Å². The van der Waals surface area contributed by atoms with E-state index in [4.69, 9.17) is 23.7 Å². The van der Waals surface area contributed by atoms with Crippen LogP contribution in [0.1, 0.15) is 43.8 Å². The molecule has 9 nitrogen and oxygen atoms in total. The highest BCUT2D eigenvalue weighted by molar-refractivity contribution is 7.11. The Hall–Kier alpha value is -4.87. The molecular formula is C33H32O9S2. The maximum absolute atomic E-state index is 12.6. The van der Waals surface area contributed by atoms with Gasteiger partial charge in [0.05, 0.1) is 28.4 Å². The van der Waals surface area contributed by atoms with Gasteiger partial charge < -0.3 is 28.8 Å². The first kappa shape index (κ1) is 33.6. The number of benzene rings is 2. The average molecular weight is 637 g/mol. The first-order chi connectivity index (χ1) is 21.2. The van der Waals surface area contributed by atoms with Gasteiger partial charge in [-0.05, 0) is 47.2 Å². The van der Waals surface area contributed by atoms with Crippen molar-refractivity contribution in [2.75, 3.05) is 28.4 Å². The lowest BCUT2D eigenvalue weighted by Gasteiger charge is -2.13. The third-order valence-corrected chi connectivity index (χ3v) is 7.57. The van der Waals surface area contributed by atoms with E-state index in [2.05, 4.69) is 0 Å². The maximum Gasteiger partial charge on any atom is 0.310 e. The minimum absolute atomic E-state index is 0.124. The summed E-state index contributed by atoms with van der Waals surface area (Å²) >= 11 is 3.05. The number of esters is 1. The van der Waals surface area contributed by atoms with Gasteiger partial charge in [0.15, 0.2) is 11.6 Å². The summed E-state index contributed by atoms with van der Waals surface area (Å²) in [4.78, 5) is 38.4. The number of phenolic OH excluding ortho intramolecular Hbond substituents is 1. The fourth-order valence-electron chi connectivity index (χ4n) is 3.72. The van der Waals surface area contributed by atoms with Gasteiger partial charge in [-0.25, -0.2) is 0 Å². The zero-order valence-corrected chi connectivity index (χ0v) is 26.5. The van der Waals surface area contributed by atoms with Crippen LogP contribution in [0.2, 0.25) is 0 Å². The summed E-state index contributed by atoms with van der Waals surface area (Å²) in [6.07, 6.45) is 6.45. The van der Waals surface area contributed by atoms with Gasteiger partial charge in [0.2, 0.25) is 0 Å². The van der Waals surface area contributed by atoms with E-state index < -0.39 is 5.97 Å². The number of carbonyl (C=O) groups excluding carboxylic acids is 3. The van der Waals surface area contributed by atoms with Crippen LogP contribution < -0.4 is 23.7 Å². The first-order valence-corrected chi connectivity index (χ1v) is 14.9. The van der Waals surface area contributed by atoms with Crippen molar-refractivity contribution in [3.05, 3.63) is 92.3 Å². The number of rotatable bonds is 12. The normalized spacial score (nSPS) is 10.7. The molecule has 0 amide bonds. The molecule has 0 radical (unpaired) electrons. The SMILES string of the molecule is CCC(=O)Oc1cc(OC)cc(OC)c1C(=O)/C=C/c1cccs1.COc1cc(O)c(C(=O)/C=C/c2cccs2)c(OC)c1. The fraction of sp³-hybridized carbons (Fsp3) is 0.182. The van der Waals surface area contributed by atoms with E-state index in [0.29, 0.717) is 11.5 Å². The number of ketones is 2. The lowest BCUT2D eigenvalue weighted by atomic mass is 10.1. The van der Waals surface area contributed by atoms with Crippen molar-refractivity contribution in [1.29, 1.82) is 0 Å². The molecule has 0 aliphatic carbocycles. The third-order valence-electron chi connectivity index (χ3n) is 5.90. The predicted molar refractivity (Wildman–Crippen MR) is 172 cm³/mol. The van der Waals surface area contributed by atoms with Crippen LogP contribution in [0.3, 0.4) is 0 Å². The number of methoxy groups -OCH3 is 4. The second kappa shape index (κ2) is 16.7. The summed E-state index contributed by atoms with van der Waals surface area (Å²) < 4.78 is 25.9. The maximum atomic E-state index is 12.6. The Morgan fingerprint density at radius 2 is 1.18 bits per heavy atom. The fourth-order valence-corrected chi connectivity index (χ4v) is 4.96. The van der Waals surface area contributed by atoms with Crippen molar-refractivity contribution < 1.29 is 43.2 Å². The summed E-state index contributed by atoms with van der Waals surface area (Å²) in [6, 6.07) is 13.6. The Morgan fingerprint density at radius 1 is 0.705 bits per heavy atom. The zero-order valence-electron chi connectivity index (χ0n) is 24.8. The Labute approximate surface area is 263 Å². The Bertz CT molecular complexity index is 1620. The molecule has 230 valence electrons.